The van der Waals surface area contributed by atoms with E-state index in [1.165, 1.54) is 12.8 Å². The molecule has 0 bridgehead atoms. The Morgan fingerprint density at radius 2 is 1.67 bits per heavy atom. The Morgan fingerprint density at radius 1 is 1.00 bits per heavy atom. The summed E-state index contributed by atoms with van der Waals surface area (Å²) in [6.45, 7) is 2.68. The van der Waals surface area contributed by atoms with E-state index in [-0.39, 0.29) is 5.91 Å². The highest BCUT2D eigenvalue weighted by atomic mass is 16.5. The molecule has 1 fully saturated rings. The van der Waals surface area contributed by atoms with E-state index in [1.54, 1.807) is 0 Å². The van der Waals surface area contributed by atoms with Crippen LogP contribution in [0.5, 0.6) is 5.75 Å². The number of hydrogen-bond acceptors (Lipinski definition) is 2. The van der Waals surface area contributed by atoms with Gasteiger partial charge in [-0.25, -0.2) is 0 Å². The number of rotatable bonds is 5. The maximum atomic E-state index is 12.7. The van der Waals surface area contributed by atoms with Gasteiger partial charge in [0.05, 0.1) is 0 Å². The molecule has 3 rings (SSSR count). The van der Waals surface area contributed by atoms with Crippen LogP contribution >= 0.6 is 0 Å². The lowest BCUT2D eigenvalue weighted by Gasteiger charge is -2.27. The van der Waals surface area contributed by atoms with Crippen molar-refractivity contribution in [3.63, 3.8) is 0 Å². The zero-order chi connectivity index (χ0) is 16.8. The van der Waals surface area contributed by atoms with Crippen LogP contribution in [-0.2, 0) is 6.61 Å². The Balaban J connectivity index is 1.63. The van der Waals surface area contributed by atoms with E-state index in [1.807, 2.05) is 54.6 Å². The number of hydrogen-bond donors (Lipinski definition) is 1. The van der Waals surface area contributed by atoms with Crippen molar-refractivity contribution in [1.82, 2.24) is 5.32 Å². The van der Waals surface area contributed by atoms with Gasteiger partial charge in [-0.05, 0) is 49.8 Å². The quantitative estimate of drug-likeness (QED) is 0.875. The van der Waals surface area contributed by atoms with Crippen molar-refractivity contribution in [2.75, 3.05) is 0 Å². The van der Waals surface area contributed by atoms with E-state index < -0.39 is 0 Å². The second-order valence-corrected chi connectivity index (χ2v) is 6.69. The summed E-state index contributed by atoms with van der Waals surface area (Å²) in [5.74, 6) is 1.61. The fourth-order valence-electron chi connectivity index (χ4n) is 3.21. The van der Waals surface area contributed by atoms with E-state index in [0.29, 0.717) is 18.2 Å². The maximum Gasteiger partial charge on any atom is 0.251 e. The molecule has 24 heavy (non-hydrogen) atoms. The van der Waals surface area contributed by atoms with Crippen molar-refractivity contribution in [3.8, 4) is 5.75 Å². The molecule has 1 aliphatic rings. The minimum Gasteiger partial charge on any atom is -0.489 e. The van der Waals surface area contributed by atoms with Gasteiger partial charge in [-0.3, -0.25) is 4.79 Å². The Morgan fingerprint density at radius 3 is 2.42 bits per heavy atom. The van der Waals surface area contributed by atoms with Crippen LogP contribution in [0.4, 0.5) is 0 Å². The third kappa shape index (κ3) is 4.38. The molecule has 2 aromatic carbocycles. The lowest BCUT2D eigenvalue weighted by Crippen LogP contribution is -2.37. The minimum atomic E-state index is 0.0156. The molecular weight excluding hydrogens is 298 g/mol. The van der Waals surface area contributed by atoms with Gasteiger partial charge < -0.3 is 10.1 Å². The van der Waals surface area contributed by atoms with E-state index in [4.69, 9.17) is 4.74 Å². The van der Waals surface area contributed by atoms with Crippen LogP contribution in [0.2, 0.25) is 0 Å². The fraction of sp³-hybridized carbons (Fsp3) is 0.381. The summed E-state index contributed by atoms with van der Waals surface area (Å²) in [4.78, 5) is 12.7. The Labute approximate surface area is 144 Å². The highest BCUT2D eigenvalue weighted by Crippen LogP contribution is 2.24. The molecule has 3 heteroatoms. The van der Waals surface area contributed by atoms with Gasteiger partial charge in [0.15, 0.2) is 0 Å². The molecule has 0 heterocycles. The first-order chi connectivity index (χ1) is 11.7. The second kappa shape index (κ2) is 8.00. The van der Waals surface area contributed by atoms with Gasteiger partial charge >= 0.3 is 0 Å². The van der Waals surface area contributed by atoms with E-state index in [0.717, 1.165) is 30.1 Å². The Hall–Kier alpha value is -2.29. The van der Waals surface area contributed by atoms with Crippen LogP contribution in [-0.4, -0.2) is 11.9 Å². The molecule has 0 atom stereocenters. The zero-order valence-electron chi connectivity index (χ0n) is 14.2. The van der Waals surface area contributed by atoms with Crippen molar-refractivity contribution in [1.29, 1.82) is 0 Å². The summed E-state index contributed by atoms with van der Waals surface area (Å²) >= 11 is 0. The molecule has 0 aliphatic heterocycles. The third-order valence-corrected chi connectivity index (χ3v) is 4.75. The molecule has 126 valence electrons. The topological polar surface area (TPSA) is 38.3 Å². The molecule has 2 aromatic rings. The molecule has 0 unspecified atom stereocenters. The third-order valence-electron chi connectivity index (χ3n) is 4.75. The molecule has 3 nitrogen and oxygen atoms in total. The lowest BCUT2D eigenvalue weighted by atomic mass is 9.87. The summed E-state index contributed by atoms with van der Waals surface area (Å²) in [7, 11) is 0. The average molecular weight is 323 g/mol. The van der Waals surface area contributed by atoms with Gasteiger partial charge in [-0.1, -0.05) is 43.3 Å². The van der Waals surface area contributed by atoms with Crippen molar-refractivity contribution in [2.45, 2.75) is 45.3 Å². The summed E-state index contributed by atoms with van der Waals surface area (Å²) in [6.07, 6.45) is 4.55. The molecule has 0 radical (unpaired) electrons. The number of carbonyl (C=O) groups is 1. The second-order valence-electron chi connectivity index (χ2n) is 6.69. The lowest BCUT2D eigenvalue weighted by molar-refractivity contribution is 0.0920. The van der Waals surface area contributed by atoms with Gasteiger partial charge in [-0.15, -0.1) is 0 Å². The summed E-state index contributed by atoms with van der Waals surface area (Å²) in [6, 6.07) is 17.7. The highest BCUT2D eigenvalue weighted by molar-refractivity contribution is 5.95. The number of amides is 1. The SMILES string of the molecule is CC1CCC(NC(=O)c2ccccc2COc2ccccc2)CC1. The van der Waals surface area contributed by atoms with Gasteiger partial charge in [0.1, 0.15) is 12.4 Å². The van der Waals surface area contributed by atoms with E-state index in [2.05, 4.69) is 12.2 Å². The van der Waals surface area contributed by atoms with Crippen molar-refractivity contribution in [2.24, 2.45) is 5.92 Å². The predicted octanol–water partition coefficient (Wildman–Crippen LogP) is 4.57. The predicted molar refractivity (Wildman–Crippen MR) is 96.1 cm³/mol. The van der Waals surface area contributed by atoms with E-state index in [9.17, 15) is 4.79 Å². The van der Waals surface area contributed by atoms with Crippen molar-refractivity contribution < 1.29 is 9.53 Å². The Kier molecular flexibility index (Phi) is 5.52. The minimum absolute atomic E-state index is 0.0156. The standard InChI is InChI=1S/C21H25NO2/c1-16-11-13-18(14-12-16)22-21(23)20-10-6-5-7-17(20)15-24-19-8-3-2-4-9-19/h2-10,16,18H,11-15H2,1H3,(H,22,23). The molecule has 0 spiro atoms. The van der Waals surface area contributed by atoms with E-state index >= 15 is 0 Å². The first-order valence-electron chi connectivity index (χ1n) is 8.79. The van der Waals surface area contributed by atoms with Crippen LogP contribution in [0.1, 0.15) is 48.5 Å². The molecule has 1 aliphatic carbocycles. The largest absolute Gasteiger partial charge is 0.489 e. The van der Waals surface area contributed by atoms with Crippen LogP contribution < -0.4 is 10.1 Å². The van der Waals surface area contributed by atoms with Gasteiger partial charge in [0, 0.05) is 17.2 Å². The number of nitrogens with one attached hydrogen (secondary N) is 1. The molecule has 1 amide bonds. The molecule has 0 aromatic heterocycles. The molecular formula is C21H25NO2. The van der Waals surface area contributed by atoms with Crippen LogP contribution in [0.3, 0.4) is 0 Å². The first kappa shape index (κ1) is 16.6. The van der Waals surface area contributed by atoms with Crippen LogP contribution in [0.15, 0.2) is 54.6 Å². The summed E-state index contributed by atoms with van der Waals surface area (Å²) < 4.78 is 5.81. The average Bonchev–Trinajstić information content (AvgIpc) is 2.63. The smallest absolute Gasteiger partial charge is 0.251 e. The number of benzene rings is 2. The van der Waals surface area contributed by atoms with Crippen LogP contribution in [0.25, 0.3) is 0 Å². The van der Waals surface area contributed by atoms with Gasteiger partial charge in [0.2, 0.25) is 0 Å². The number of ether oxygens (including phenoxy) is 1. The maximum absolute atomic E-state index is 12.7. The normalized spacial score (nSPS) is 20.4. The highest BCUT2D eigenvalue weighted by Gasteiger charge is 2.21. The van der Waals surface area contributed by atoms with Crippen molar-refractivity contribution in [3.05, 3.63) is 65.7 Å². The van der Waals surface area contributed by atoms with Crippen LogP contribution in [0, 0.1) is 5.92 Å². The first-order valence-corrected chi connectivity index (χ1v) is 8.79. The van der Waals surface area contributed by atoms with Crippen molar-refractivity contribution >= 4 is 5.91 Å². The summed E-state index contributed by atoms with van der Waals surface area (Å²) in [5.41, 5.74) is 1.63. The molecule has 0 saturated heterocycles. The van der Waals surface area contributed by atoms with Gasteiger partial charge in [-0.2, -0.15) is 0 Å². The molecule has 1 saturated carbocycles. The summed E-state index contributed by atoms with van der Waals surface area (Å²) in [5, 5.41) is 3.20. The van der Waals surface area contributed by atoms with Gasteiger partial charge in [0.25, 0.3) is 5.91 Å². The monoisotopic (exact) mass is 323 g/mol. The zero-order valence-corrected chi connectivity index (χ0v) is 14.2. The number of para-hydroxylation sites is 1. The Bertz CT molecular complexity index is 661. The fourth-order valence-corrected chi connectivity index (χ4v) is 3.21. The number of carbonyl (C=O) groups excluding carboxylic acids is 1. The molecule has 1 N–H and O–H groups in total.